The van der Waals surface area contributed by atoms with Gasteiger partial charge >= 0.3 is 12.0 Å². The second-order valence-corrected chi connectivity index (χ2v) is 9.66. The highest BCUT2D eigenvalue weighted by atomic mass is 19.1. The average Bonchev–Trinajstić information content (AvgIpc) is 3.36. The van der Waals surface area contributed by atoms with Crippen molar-refractivity contribution in [3.63, 3.8) is 0 Å². The minimum Gasteiger partial charge on any atom is -0.481 e. The fourth-order valence-corrected chi connectivity index (χ4v) is 4.59. The lowest BCUT2D eigenvalue weighted by atomic mass is 9.85. The maximum atomic E-state index is 15.2. The number of ether oxygens (including phenoxy) is 2. The van der Waals surface area contributed by atoms with Gasteiger partial charge in [-0.15, -0.1) is 0 Å². The molecule has 3 aromatic heterocycles. The molecular formula is C28H29FN6O4. The molecule has 10 nitrogen and oxygen atoms in total. The first-order valence-electron chi connectivity index (χ1n) is 12.8. The highest BCUT2D eigenvalue weighted by molar-refractivity contribution is 5.83. The standard InChI is InChI=1S/C28H29FN6O4/c1-16(30-2)15-38-24-10-9-23-27(34-24)35-26(33-23)21-8-5-18(12-22(21)29)19-13-31-28(32-14-19)39-20-6-3-17(4-7-20)11-25(36)37/h5,8-10,12-14,17,20H,3-4,6-7,11,15H2,1-2H3,(H,36,37)(H,33,34,35). The third kappa shape index (κ3) is 6.36. The molecule has 202 valence electrons. The van der Waals surface area contributed by atoms with Gasteiger partial charge in [0.05, 0.1) is 11.1 Å². The van der Waals surface area contributed by atoms with Crippen LogP contribution in [0.15, 0.2) is 47.7 Å². The van der Waals surface area contributed by atoms with Crippen molar-refractivity contribution in [2.45, 2.75) is 45.1 Å². The second kappa shape index (κ2) is 11.5. The summed E-state index contributed by atoms with van der Waals surface area (Å²) in [6.45, 7) is 2.19. The van der Waals surface area contributed by atoms with E-state index in [0.29, 0.717) is 46.2 Å². The van der Waals surface area contributed by atoms with Gasteiger partial charge in [-0.1, -0.05) is 6.07 Å². The van der Waals surface area contributed by atoms with Crippen LogP contribution in [-0.2, 0) is 4.79 Å². The van der Waals surface area contributed by atoms with E-state index in [4.69, 9.17) is 14.6 Å². The van der Waals surface area contributed by atoms with Gasteiger partial charge < -0.3 is 19.6 Å². The van der Waals surface area contributed by atoms with E-state index in [1.54, 1.807) is 43.7 Å². The monoisotopic (exact) mass is 532 g/mol. The Bertz CT molecular complexity index is 1500. The Balaban J connectivity index is 1.24. The smallest absolute Gasteiger partial charge is 0.316 e. The predicted octanol–water partition coefficient (Wildman–Crippen LogP) is 5.10. The third-order valence-electron chi connectivity index (χ3n) is 6.85. The number of aromatic amines is 1. The number of fused-ring (bicyclic) bond motifs is 1. The zero-order valence-corrected chi connectivity index (χ0v) is 21.7. The number of nitrogens with zero attached hydrogens (tertiary/aromatic N) is 5. The molecule has 1 aromatic carbocycles. The van der Waals surface area contributed by atoms with E-state index in [1.807, 2.05) is 6.92 Å². The summed E-state index contributed by atoms with van der Waals surface area (Å²) in [5.74, 6) is -0.233. The number of carbonyl (C=O) groups is 1. The Morgan fingerprint density at radius 3 is 2.56 bits per heavy atom. The highest BCUT2D eigenvalue weighted by Gasteiger charge is 2.24. The number of pyridine rings is 1. The molecule has 1 aliphatic carbocycles. The topological polar surface area (TPSA) is 135 Å². The minimum absolute atomic E-state index is 0.0344. The first kappa shape index (κ1) is 26.2. The minimum atomic E-state index is -0.759. The van der Waals surface area contributed by atoms with Crippen LogP contribution in [0, 0.1) is 11.7 Å². The number of hydrogen-bond acceptors (Lipinski definition) is 8. The SMILES string of the molecule is CN=C(C)COc1ccc2[nH]c(-c3ccc(-c4cnc(OC5CCC(CC(=O)O)CC5)nc4)cc3F)nc2n1. The van der Waals surface area contributed by atoms with Crippen molar-refractivity contribution in [1.29, 1.82) is 0 Å². The van der Waals surface area contributed by atoms with Crippen LogP contribution >= 0.6 is 0 Å². The molecule has 1 saturated carbocycles. The fourth-order valence-electron chi connectivity index (χ4n) is 4.59. The van der Waals surface area contributed by atoms with Crippen LogP contribution in [0.5, 0.6) is 11.9 Å². The van der Waals surface area contributed by atoms with Gasteiger partial charge in [-0.3, -0.25) is 9.79 Å². The number of imidazole rings is 1. The van der Waals surface area contributed by atoms with Gasteiger partial charge in [0.1, 0.15) is 24.4 Å². The number of rotatable bonds is 9. The van der Waals surface area contributed by atoms with Crippen molar-refractivity contribution in [3.8, 4) is 34.4 Å². The van der Waals surface area contributed by atoms with Crippen LogP contribution in [0.25, 0.3) is 33.7 Å². The van der Waals surface area contributed by atoms with Crippen LogP contribution in [-0.4, -0.2) is 61.5 Å². The quantitative estimate of drug-likeness (QED) is 0.284. The maximum absolute atomic E-state index is 15.2. The summed E-state index contributed by atoms with van der Waals surface area (Å²) in [6.07, 6.45) is 6.53. The fraction of sp³-hybridized carbons (Fsp3) is 0.357. The normalized spacial score (nSPS) is 17.8. The van der Waals surface area contributed by atoms with E-state index in [0.717, 1.165) is 31.4 Å². The average molecular weight is 533 g/mol. The summed E-state index contributed by atoms with van der Waals surface area (Å²) in [6, 6.07) is 8.63. The molecule has 3 heterocycles. The van der Waals surface area contributed by atoms with E-state index >= 15 is 4.39 Å². The Kier molecular flexibility index (Phi) is 7.76. The van der Waals surface area contributed by atoms with Crippen molar-refractivity contribution in [3.05, 3.63) is 48.5 Å². The summed E-state index contributed by atoms with van der Waals surface area (Å²) in [4.78, 5) is 35.5. The number of aromatic nitrogens is 5. The Hall–Kier alpha value is -4.41. The van der Waals surface area contributed by atoms with Gasteiger partial charge in [0.15, 0.2) is 5.65 Å². The molecule has 0 atom stereocenters. The molecule has 5 rings (SSSR count). The summed E-state index contributed by atoms with van der Waals surface area (Å²) in [5, 5.41) is 8.96. The molecule has 2 N–H and O–H groups in total. The molecule has 0 aliphatic heterocycles. The van der Waals surface area contributed by atoms with E-state index in [-0.39, 0.29) is 24.5 Å². The predicted molar refractivity (Wildman–Crippen MR) is 143 cm³/mol. The maximum Gasteiger partial charge on any atom is 0.316 e. The zero-order valence-electron chi connectivity index (χ0n) is 21.7. The number of aliphatic imine (C=N–C) groups is 1. The number of aliphatic carboxylic acids is 1. The summed E-state index contributed by atoms with van der Waals surface area (Å²) in [7, 11) is 1.70. The number of carboxylic acids is 1. The lowest BCUT2D eigenvalue weighted by Gasteiger charge is -2.27. The van der Waals surface area contributed by atoms with Crippen molar-refractivity contribution in [2.75, 3.05) is 13.7 Å². The number of H-pyrrole nitrogens is 1. The molecular weight excluding hydrogens is 503 g/mol. The van der Waals surface area contributed by atoms with Crippen LogP contribution in [0.1, 0.15) is 39.0 Å². The largest absolute Gasteiger partial charge is 0.481 e. The lowest BCUT2D eigenvalue weighted by molar-refractivity contribution is -0.138. The van der Waals surface area contributed by atoms with Gasteiger partial charge in [0.25, 0.3) is 0 Å². The summed E-state index contributed by atoms with van der Waals surface area (Å²) >= 11 is 0. The first-order chi connectivity index (χ1) is 18.9. The van der Waals surface area contributed by atoms with Gasteiger partial charge in [0, 0.05) is 43.2 Å². The van der Waals surface area contributed by atoms with E-state index in [2.05, 4.69) is 29.9 Å². The lowest BCUT2D eigenvalue weighted by Crippen LogP contribution is -2.25. The van der Waals surface area contributed by atoms with Crippen LogP contribution in [0.2, 0.25) is 0 Å². The van der Waals surface area contributed by atoms with Gasteiger partial charge in [-0.2, -0.15) is 4.98 Å². The number of hydrogen-bond donors (Lipinski definition) is 2. The molecule has 0 amide bonds. The van der Waals surface area contributed by atoms with Crippen molar-refractivity contribution < 1.29 is 23.8 Å². The molecule has 11 heteroatoms. The Labute approximate surface area is 224 Å². The summed E-state index contributed by atoms with van der Waals surface area (Å²) in [5.41, 5.74) is 3.52. The molecule has 0 bridgehead atoms. The number of carboxylic acid groups (broad SMARTS) is 1. The van der Waals surface area contributed by atoms with Crippen molar-refractivity contribution in [1.82, 2.24) is 24.9 Å². The van der Waals surface area contributed by atoms with Crippen LogP contribution in [0.4, 0.5) is 4.39 Å². The summed E-state index contributed by atoms with van der Waals surface area (Å²) < 4.78 is 26.7. The number of halogens is 1. The Morgan fingerprint density at radius 1 is 1.10 bits per heavy atom. The van der Waals surface area contributed by atoms with E-state index < -0.39 is 11.8 Å². The van der Waals surface area contributed by atoms with Gasteiger partial charge in [-0.05, 0) is 62.3 Å². The van der Waals surface area contributed by atoms with E-state index in [1.165, 1.54) is 6.07 Å². The third-order valence-corrected chi connectivity index (χ3v) is 6.85. The molecule has 39 heavy (non-hydrogen) atoms. The zero-order chi connectivity index (χ0) is 27.4. The molecule has 0 saturated heterocycles. The molecule has 4 aromatic rings. The number of benzene rings is 1. The second-order valence-electron chi connectivity index (χ2n) is 9.66. The van der Waals surface area contributed by atoms with Crippen molar-refractivity contribution >= 4 is 22.8 Å². The molecule has 0 unspecified atom stereocenters. The van der Waals surface area contributed by atoms with Crippen molar-refractivity contribution in [2.24, 2.45) is 10.9 Å². The molecule has 0 spiro atoms. The Morgan fingerprint density at radius 2 is 1.87 bits per heavy atom. The molecule has 0 radical (unpaired) electrons. The molecule has 1 aliphatic rings. The highest BCUT2D eigenvalue weighted by Crippen LogP contribution is 2.30. The van der Waals surface area contributed by atoms with E-state index in [9.17, 15) is 4.79 Å². The first-order valence-corrected chi connectivity index (χ1v) is 12.8. The molecule has 1 fully saturated rings. The van der Waals surface area contributed by atoms with Crippen LogP contribution in [0.3, 0.4) is 0 Å². The van der Waals surface area contributed by atoms with Gasteiger partial charge in [-0.25, -0.2) is 19.3 Å². The van der Waals surface area contributed by atoms with Crippen LogP contribution < -0.4 is 9.47 Å². The van der Waals surface area contributed by atoms with Gasteiger partial charge in [0.2, 0.25) is 5.88 Å². The number of nitrogens with one attached hydrogen (secondary N) is 1.